The Morgan fingerprint density at radius 1 is 1.10 bits per heavy atom. The number of nitrogens with zero attached hydrogens (tertiary/aromatic N) is 2. The molecule has 29 heavy (non-hydrogen) atoms. The Morgan fingerprint density at radius 2 is 1.83 bits per heavy atom. The van der Waals surface area contributed by atoms with Crippen molar-refractivity contribution in [3.8, 4) is 0 Å². The highest BCUT2D eigenvalue weighted by atomic mass is 32.1. The van der Waals surface area contributed by atoms with Crippen LogP contribution in [0, 0.1) is 20.8 Å². The van der Waals surface area contributed by atoms with Crippen LogP contribution >= 0.6 is 11.3 Å². The SMILES string of the molecule is Cc1ncc(C(CNC(=O)c2c(C)cccc2C)N2CCc3ccccc3C2)s1. The molecule has 2 heterocycles. The van der Waals surface area contributed by atoms with Gasteiger partial charge in [0.1, 0.15) is 0 Å². The molecular weight excluding hydrogens is 378 g/mol. The number of fused-ring (bicyclic) bond motifs is 1. The number of hydrogen-bond acceptors (Lipinski definition) is 4. The van der Waals surface area contributed by atoms with Gasteiger partial charge in [0.05, 0.1) is 11.0 Å². The van der Waals surface area contributed by atoms with Crippen LogP contribution in [0.5, 0.6) is 0 Å². The first-order valence-electron chi connectivity index (χ1n) is 10.1. The lowest BCUT2D eigenvalue weighted by molar-refractivity contribution is 0.0927. The summed E-state index contributed by atoms with van der Waals surface area (Å²) in [5, 5.41) is 4.27. The minimum absolute atomic E-state index is 0.00393. The molecule has 0 radical (unpaired) electrons. The van der Waals surface area contributed by atoms with Crippen LogP contribution in [0.4, 0.5) is 0 Å². The van der Waals surface area contributed by atoms with E-state index in [-0.39, 0.29) is 11.9 Å². The van der Waals surface area contributed by atoms with Crippen LogP contribution in [0.15, 0.2) is 48.7 Å². The van der Waals surface area contributed by atoms with Crippen LogP contribution in [0.3, 0.4) is 0 Å². The maximum atomic E-state index is 13.0. The molecule has 1 atom stereocenters. The Bertz CT molecular complexity index is 1010. The van der Waals surface area contributed by atoms with Crippen molar-refractivity contribution >= 4 is 17.2 Å². The molecule has 3 aromatic rings. The van der Waals surface area contributed by atoms with Gasteiger partial charge >= 0.3 is 0 Å². The minimum atomic E-state index is 0.00393. The van der Waals surface area contributed by atoms with Crippen molar-refractivity contribution in [2.24, 2.45) is 0 Å². The van der Waals surface area contributed by atoms with Crippen molar-refractivity contribution in [3.63, 3.8) is 0 Å². The largest absolute Gasteiger partial charge is 0.350 e. The van der Waals surface area contributed by atoms with Crippen molar-refractivity contribution in [2.45, 2.75) is 39.8 Å². The molecule has 150 valence electrons. The lowest BCUT2D eigenvalue weighted by Crippen LogP contribution is -2.40. The molecule has 0 spiro atoms. The molecule has 2 aromatic carbocycles. The summed E-state index contributed by atoms with van der Waals surface area (Å²) in [5.41, 5.74) is 5.63. The van der Waals surface area contributed by atoms with E-state index in [1.54, 1.807) is 11.3 Å². The van der Waals surface area contributed by atoms with E-state index < -0.39 is 0 Å². The van der Waals surface area contributed by atoms with Crippen LogP contribution < -0.4 is 5.32 Å². The number of carbonyl (C=O) groups is 1. The van der Waals surface area contributed by atoms with Crippen molar-refractivity contribution in [1.29, 1.82) is 0 Å². The van der Waals surface area contributed by atoms with Gasteiger partial charge in [0, 0.05) is 36.3 Å². The van der Waals surface area contributed by atoms with Gasteiger partial charge < -0.3 is 5.32 Å². The zero-order valence-electron chi connectivity index (χ0n) is 17.2. The standard InChI is InChI=1S/C24H27N3OS/c1-16-7-6-8-17(2)23(16)24(28)26-13-21(22-14-25-18(3)29-22)27-12-11-19-9-4-5-10-20(19)15-27/h4-10,14,21H,11-13,15H2,1-3H3,(H,26,28). The molecule has 1 aliphatic rings. The molecule has 1 aliphatic heterocycles. The van der Waals surface area contributed by atoms with Crippen molar-refractivity contribution < 1.29 is 4.79 Å². The number of aromatic nitrogens is 1. The van der Waals surface area contributed by atoms with Crippen molar-refractivity contribution in [3.05, 3.63) is 86.4 Å². The molecule has 0 aliphatic carbocycles. The maximum Gasteiger partial charge on any atom is 0.251 e. The molecule has 0 bridgehead atoms. The topological polar surface area (TPSA) is 45.2 Å². The zero-order valence-corrected chi connectivity index (χ0v) is 18.1. The lowest BCUT2D eigenvalue weighted by Gasteiger charge is -2.35. The highest BCUT2D eigenvalue weighted by Crippen LogP contribution is 2.30. The van der Waals surface area contributed by atoms with Gasteiger partial charge in [0.2, 0.25) is 0 Å². The van der Waals surface area contributed by atoms with Crippen LogP contribution in [0.25, 0.3) is 0 Å². The second-order valence-electron chi connectivity index (χ2n) is 7.76. The van der Waals surface area contributed by atoms with Crippen molar-refractivity contribution in [1.82, 2.24) is 15.2 Å². The third kappa shape index (κ3) is 4.26. The van der Waals surface area contributed by atoms with Gasteiger partial charge in [0.15, 0.2) is 0 Å². The van der Waals surface area contributed by atoms with E-state index in [1.807, 2.05) is 45.2 Å². The molecule has 0 saturated carbocycles. The van der Waals surface area contributed by atoms with Crippen LogP contribution in [0.2, 0.25) is 0 Å². The van der Waals surface area contributed by atoms with Crippen LogP contribution in [-0.4, -0.2) is 28.9 Å². The first-order chi connectivity index (χ1) is 14.0. The number of rotatable bonds is 5. The number of carbonyl (C=O) groups excluding carboxylic acids is 1. The Morgan fingerprint density at radius 3 is 2.52 bits per heavy atom. The summed E-state index contributed by atoms with van der Waals surface area (Å²) in [6.07, 6.45) is 3.01. The summed E-state index contributed by atoms with van der Waals surface area (Å²) in [7, 11) is 0. The van der Waals surface area contributed by atoms with Gasteiger partial charge in [-0.15, -0.1) is 11.3 Å². The predicted molar refractivity (Wildman–Crippen MR) is 118 cm³/mol. The van der Waals surface area contributed by atoms with E-state index in [1.165, 1.54) is 16.0 Å². The first kappa shape index (κ1) is 19.8. The lowest BCUT2D eigenvalue weighted by atomic mass is 9.98. The smallest absolute Gasteiger partial charge is 0.251 e. The van der Waals surface area contributed by atoms with Crippen LogP contribution in [-0.2, 0) is 13.0 Å². The van der Waals surface area contributed by atoms with Gasteiger partial charge in [-0.3, -0.25) is 9.69 Å². The van der Waals surface area contributed by atoms with Gasteiger partial charge in [0.25, 0.3) is 5.91 Å². The highest BCUT2D eigenvalue weighted by molar-refractivity contribution is 7.11. The van der Waals surface area contributed by atoms with E-state index in [2.05, 4.69) is 39.5 Å². The Labute approximate surface area is 176 Å². The fourth-order valence-electron chi connectivity index (χ4n) is 4.18. The fourth-order valence-corrected chi connectivity index (χ4v) is 5.10. The summed E-state index contributed by atoms with van der Waals surface area (Å²) >= 11 is 1.72. The average molecular weight is 406 g/mol. The van der Waals surface area contributed by atoms with E-state index in [0.29, 0.717) is 6.54 Å². The summed E-state index contributed by atoms with van der Waals surface area (Å²) in [4.78, 5) is 21.1. The number of amides is 1. The highest BCUT2D eigenvalue weighted by Gasteiger charge is 2.27. The van der Waals surface area contributed by atoms with E-state index in [0.717, 1.165) is 41.2 Å². The Hall–Kier alpha value is -2.50. The van der Waals surface area contributed by atoms with Gasteiger partial charge in [-0.05, 0) is 49.4 Å². The second kappa shape index (κ2) is 8.47. The van der Waals surface area contributed by atoms with E-state index in [9.17, 15) is 4.79 Å². The molecule has 1 aromatic heterocycles. The molecule has 0 fully saturated rings. The monoisotopic (exact) mass is 405 g/mol. The normalized spacial score (nSPS) is 15.0. The average Bonchev–Trinajstić information content (AvgIpc) is 3.14. The predicted octanol–water partition coefficient (Wildman–Crippen LogP) is 4.60. The van der Waals surface area contributed by atoms with E-state index in [4.69, 9.17) is 0 Å². The quantitative estimate of drug-likeness (QED) is 0.675. The van der Waals surface area contributed by atoms with Crippen LogP contribution in [0.1, 0.15) is 48.5 Å². The van der Waals surface area contributed by atoms with Gasteiger partial charge in [-0.2, -0.15) is 0 Å². The summed E-state index contributed by atoms with van der Waals surface area (Å²) in [6.45, 7) is 8.48. The third-order valence-electron chi connectivity index (χ3n) is 5.73. The molecule has 1 unspecified atom stereocenters. The number of benzene rings is 2. The maximum absolute atomic E-state index is 13.0. The minimum Gasteiger partial charge on any atom is -0.350 e. The zero-order chi connectivity index (χ0) is 20.4. The second-order valence-corrected chi connectivity index (χ2v) is 9.03. The number of nitrogens with one attached hydrogen (secondary N) is 1. The van der Waals surface area contributed by atoms with E-state index >= 15 is 0 Å². The molecule has 4 rings (SSSR count). The number of aryl methyl sites for hydroxylation is 3. The molecule has 1 N–H and O–H groups in total. The summed E-state index contributed by atoms with van der Waals surface area (Å²) < 4.78 is 0. The summed E-state index contributed by atoms with van der Waals surface area (Å²) in [5.74, 6) is 0.00393. The molecular formula is C24H27N3OS. The molecule has 4 nitrogen and oxygen atoms in total. The molecule has 5 heteroatoms. The fraction of sp³-hybridized carbons (Fsp3) is 0.333. The summed E-state index contributed by atoms with van der Waals surface area (Å²) in [6, 6.07) is 14.8. The van der Waals surface area contributed by atoms with Gasteiger partial charge in [-0.1, -0.05) is 42.5 Å². The molecule has 1 amide bonds. The number of thiazole rings is 1. The van der Waals surface area contributed by atoms with Crippen molar-refractivity contribution in [2.75, 3.05) is 13.1 Å². The first-order valence-corrected chi connectivity index (χ1v) is 10.9. The Kier molecular flexibility index (Phi) is 5.79. The van der Waals surface area contributed by atoms with Gasteiger partial charge in [-0.25, -0.2) is 4.98 Å². The Balaban J connectivity index is 1.55. The third-order valence-corrected chi connectivity index (χ3v) is 6.75. The molecule has 0 saturated heterocycles. The number of hydrogen-bond donors (Lipinski definition) is 1.